The lowest BCUT2D eigenvalue weighted by Gasteiger charge is -2.33. The predicted molar refractivity (Wildman–Crippen MR) is 97.9 cm³/mol. The number of hydrogen-bond donors (Lipinski definition) is 2. The van der Waals surface area contributed by atoms with Crippen molar-refractivity contribution in [2.75, 3.05) is 53.1 Å². The number of nitrogens with zero attached hydrogens (tertiary/aromatic N) is 1. The van der Waals surface area contributed by atoms with Crippen LogP contribution in [-0.2, 0) is 19.1 Å². The first-order chi connectivity index (χ1) is 11.7. The zero-order valence-electron chi connectivity index (χ0n) is 15.1. The number of piperidine rings is 1. The average molecular weight is 378 g/mol. The van der Waals surface area contributed by atoms with Gasteiger partial charge in [-0.25, -0.2) is 0 Å². The number of ether oxygens (including phenoxy) is 2. The van der Waals surface area contributed by atoms with E-state index in [1.54, 1.807) is 7.11 Å². The van der Waals surface area contributed by atoms with Crippen LogP contribution in [0.1, 0.15) is 32.1 Å². The molecule has 2 aliphatic heterocycles. The standard InChI is InChI=1S/C17H31N3O4.ClH/c1-23-10-11-24-9-6-16(21)20-8-3-4-14(13-20)12-19-17(22)15-5-2-7-18-15;/h14-15,18H,2-13H2,1H3,(H,19,22);1H. The van der Waals surface area contributed by atoms with Gasteiger partial charge in [0.15, 0.2) is 0 Å². The first-order valence-electron chi connectivity index (χ1n) is 9.06. The van der Waals surface area contributed by atoms with E-state index in [9.17, 15) is 9.59 Å². The monoisotopic (exact) mass is 377 g/mol. The lowest BCUT2D eigenvalue weighted by Crippen LogP contribution is -2.46. The molecule has 2 heterocycles. The van der Waals surface area contributed by atoms with Crippen LogP contribution in [0.3, 0.4) is 0 Å². The Balaban J connectivity index is 0.00000312. The topological polar surface area (TPSA) is 79.9 Å². The highest BCUT2D eigenvalue weighted by Crippen LogP contribution is 2.17. The van der Waals surface area contributed by atoms with Gasteiger partial charge in [-0.2, -0.15) is 0 Å². The van der Waals surface area contributed by atoms with Crippen molar-refractivity contribution in [2.24, 2.45) is 5.92 Å². The molecule has 0 bridgehead atoms. The van der Waals surface area contributed by atoms with Crippen molar-refractivity contribution in [3.05, 3.63) is 0 Å². The van der Waals surface area contributed by atoms with Crippen molar-refractivity contribution < 1.29 is 19.1 Å². The Kier molecular flexibility index (Phi) is 11.0. The summed E-state index contributed by atoms with van der Waals surface area (Å²) in [7, 11) is 1.63. The first-order valence-corrected chi connectivity index (χ1v) is 9.06. The highest BCUT2D eigenvalue weighted by atomic mass is 35.5. The Morgan fingerprint density at radius 3 is 2.76 bits per heavy atom. The minimum atomic E-state index is -0.0319. The summed E-state index contributed by atoms with van der Waals surface area (Å²) in [4.78, 5) is 26.2. The van der Waals surface area contributed by atoms with E-state index in [0.29, 0.717) is 38.7 Å². The molecule has 0 aromatic heterocycles. The molecule has 0 radical (unpaired) electrons. The number of methoxy groups -OCH3 is 1. The molecular formula is C17H32ClN3O4. The molecule has 2 aliphatic rings. The van der Waals surface area contributed by atoms with Gasteiger partial charge in [-0.15, -0.1) is 12.4 Å². The van der Waals surface area contributed by atoms with E-state index in [-0.39, 0.29) is 30.3 Å². The van der Waals surface area contributed by atoms with Gasteiger partial charge in [0.05, 0.1) is 32.3 Å². The van der Waals surface area contributed by atoms with Crippen molar-refractivity contribution in [1.82, 2.24) is 15.5 Å². The van der Waals surface area contributed by atoms with Crippen LogP contribution in [0.5, 0.6) is 0 Å². The van der Waals surface area contributed by atoms with E-state index < -0.39 is 0 Å². The zero-order chi connectivity index (χ0) is 17.2. The van der Waals surface area contributed by atoms with Crippen molar-refractivity contribution in [1.29, 1.82) is 0 Å². The molecule has 2 atom stereocenters. The van der Waals surface area contributed by atoms with Gasteiger partial charge in [0, 0.05) is 26.7 Å². The van der Waals surface area contributed by atoms with Crippen molar-refractivity contribution in [3.63, 3.8) is 0 Å². The molecule has 2 N–H and O–H groups in total. The molecule has 2 rings (SSSR count). The normalized spacial score (nSPS) is 23.2. The fourth-order valence-electron chi connectivity index (χ4n) is 3.30. The van der Waals surface area contributed by atoms with Crippen LogP contribution in [0.15, 0.2) is 0 Å². The summed E-state index contributed by atoms with van der Waals surface area (Å²) in [6.45, 7) is 4.64. The number of carbonyl (C=O) groups excluding carboxylic acids is 2. The number of amides is 2. The number of nitrogens with one attached hydrogen (secondary N) is 2. The van der Waals surface area contributed by atoms with E-state index in [0.717, 1.165) is 45.3 Å². The van der Waals surface area contributed by atoms with Crippen LogP contribution < -0.4 is 10.6 Å². The molecule has 2 amide bonds. The molecular weight excluding hydrogens is 346 g/mol. The van der Waals surface area contributed by atoms with Crippen LogP contribution in [0.25, 0.3) is 0 Å². The van der Waals surface area contributed by atoms with E-state index >= 15 is 0 Å². The quantitative estimate of drug-likeness (QED) is 0.574. The Morgan fingerprint density at radius 2 is 2.04 bits per heavy atom. The zero-order valence-corrected chi connectivity index (χ0v) is 15.9. The van der Waals surface area contributed by atoms with Crippen LogP contribution in [0.2, 0.25) is 0 Å². The third kappa shape index (κ3) is 7.90. The van der Waals surface area contributed by atoms with Gasteiger partial charge in [-0.3, -0.25) is 9.59 Å². The van der Waals surface area contributed by atoms with Gasteiger partial charge in [0.1, 0.15) is 0 Å². The van der Waals surface area contributed by atoms with E-state index in [2.05, 4.69) is 10.6 Å². The second-order valence-electron chi connectivity index (χ2n) is 6.60. The van der Waals surface area contributed by atoms with Crippen molar-refractivity contribution in [3.8, 4) is 0 Å². The van der Waals surface area contributed by atoms with E-state index in [1.807, 2.05) is 4.90 Å². The van der Waals surface area contributed by atoms with Gasteiger partial charge in [0.25, 0.3) is 0 Å². The summed E-state index contributed by atoms with van der Waals surface area (Å²) in [5.74, 6) is 0.589. The van der Waals surface area contributed by atoms with E-state index in [4.69, 9.17) is 9.47 Å². The summed E-state index contributed by atoms with van der Waals surface area (Å²) in [5, 5.41) is 6.25. The van der Waals surface area contributed by atoms with Gasteiger partial charge in [-0.05, 0) is 38.1 Å². The molecule has 0 aliphatic carbocycles. The predicted octanol–water partition coefficient (Wildman–Crippen LogP) is 0.568. The van der Waals surface area contributed by atoms with Gasteiger partial charge < -0.3 is 25.0 Å². The molecule has 2 saturated heterocycles. The lowest BCUT2D eigenvalue weighted by molar-refractivity contribution is -0.134. The number of rotatable bonds is 9. The fraction of sp³-hybridized carbons (Fsp3) is 0.882. The van der Waals surface area contributed by atoms with Crippen molar-refractivity contribution in [2.45, 2.75) is 38.1 Å². The first kappa shape index (κ1) is 22.2. The number of halogens is 1. The Bertz CT molecular complexity index is 405. The molecule has 0 aromatic rings. The molecule has 0 spiro atoms. The molecule has 0 aromatic carbocycles. The minimum absolute atomic E-state index is 0. The van der Waals surface area contributed by atoms with Gasteiger partial charge in [0.2, 0.25) is 11.8 Å². The summed E-state index contributed by atoms with van der Waals surface area (Å²) in [5.41, 5.74) is 0. The second kappa shape index (κ2) is 12.5. The lowest BCUT2D eigenvalue weighted by atomic mass is 9.97. The SMILES string of the molecule is COCCOCCC(=O)N1CCCC(CNC(=O)C2CCCN2)C1.Cl. The summed E-state index contributed by atoms with van der Waals surface area (Å²) >= 11 is 0. The maximum atomic E-state index is 12.2. The maximum absolute atomic E-state index is 12.2. The van der Waals surface area contributed by atoms with Crippen LogP contribution >= 0.6 is 12.4 Å². The molecule has 146 valence electrons. The third-order valence-electron chi connectivity index (χ3n) is 4.71. The summed E-state index contributed by atoms with van der Waals surface area (Å²) in [6.07, 6.45) is 4.46. The molecule has 2 fully saturated rings. The summed E-state index contributed by atoms with van der Waals surface area (Å²) < 4.78 is 10.3. The largest absolute Gasteiger partial charge is 0.382 e. The fourth-order valence-corrected chi connectivity index (χ4v) is 3.30. The maximum Gasteiger partial charge on any atom is 0.237 e. The highest BCUT2D eigenvalue weighted by molar-refractivity contribution is 5.85. The van der Waals surface area contributed by atoms with Crippen LogP contribution in [-0.4, -0.2) is 75.9 Å². The van der Waals surface area contributed by atoms with Crippen LogP contribution in [0, 0.1) is 5.92 Å². The number of carbonyl (C=O) groups is 2. The van der Waals surface area contributed by atoms with Crippen molar-refractivity contribution >= 4 is 24.2 Å². The van der Waals surface area contributed by atoms with Gasteiger partial charge in [-0.1, -0.05) is 0 Å². The molecule has 2 unspecified atom stereocenters. The molecule has 7 nitrogen and oxygen atoms in total. The second-order valence-corrected chi connectivity index (χ2v) is 6.60. The Hall–Kier alpha value is -0.890. The summed E-state index contributed by atoms with van der Waals surface area (Å²) in [6, 6.07) is -0.0319. The Labute approximate surface area is 156 Å². The number of likely N-dealkylation sites (tertiary alicyclic amines) is 1. The van der Waals surface area contributed by atoms with E-state index in [1.165, 1.54) is 0 Å². The third-order valence-corrected chi connectivity index (χ3v) is 4.71. The molecule has 0 saturated carbocycles. The average Bonchev–Trinajstić information content (AvgIpc) is 3.14. The number of hydrogen-bond acceptors (Lipinski definition) is 5. The van der Waals surface area contributed by atoms with Crippen LogP contribution in [0.4, 0.5) is 0 Å². The smallest absolute Gasteiger partial charge is 0.237 e. The Morgan fingerprint density at radius 1 is 1.20 bits per heavy atom. The minimum Gasteiger partial charge on any atom is -0.382 e. The molecule has 8 heteroatoms. The highest BCUT2D eigenvalue weighted by Gasteiger charge is 2.26. The van der Waals surface area contributed by atoms with Gasteiger partial charge >= 0.3 is 0 Å². The molecule has 25 heavy (non-hydrogen) atoms.